The number of piperidine rings is 1. The van der Waals surface area contributed by atoms with Crippen LogP contribution in [0.1, 0.15) is 24.0 Å². The summed E-state index contributed by atoms with van der Waals surface area (Å²) in [6.07, 6.45) is 1.56. The molecule has 6 heteroatoms. The summed E-state index contributed by atoms with van der Waals surface area (Å²) >= 11 is 0. The number of carbonyl (C=O) groups is 1. The van der Waals surface area contributed by atoms with Gasteiger partial charge in [-0.25, -0.2) is 0 Å². The first-order chi connectivity index (χ1) is 12.5. The number of rotatable bonds is 5. The number of aryl methyl sites for hydroxylation is 2. The summed E-state index contributed by atoms with van der Waals surface area (Å²) in [5.74, 6) is 0.899. The van der Waals surface area contributed by atoms with E-state index in [2.05, 4.69) is 13.8 Å². The molecule has 0 saturated carbocycles. The van der Waals surface area contributed by atoms with E-state index in [0.29, 0.717) is 45.8 Å². The topological polar surface area (TPSA) is 62.2 Å². The highest BCUT2D eigenvalue weighted by Gasteiger charge is 2.35. The molecule has 1 N–H and O–H groups in total. The van der Waals surface area contributed by atoms with E-state index in [1.807, 2.05) is 28.0 Å². The minimum Gasteiger partial charge on any atom is -0.491 e. The van der Waals surface area contributed by atoms with Crippen LogP contribution >= 0.6 is 0 Å². The van der Waals surface area contributed by atoms with Gasteiger partial charge in [0, 0.05) is 19.6 Å². The Hall–Kier alpha value is -1.63. The number of amides is 1. The number of hydrogen-bond donors (Lipinski definition) is 1. The Morgan fingerprint density at radius 3 is 2.73 bits per heavy atom. The molecule has 0 aliphatic carbocycles. The number of likely N-dealkylation sites (tertiary alicyclic amines) is 1. The number of benzene rings is 1. The third-order valence-corrected chi connectivity index (χ3v) is 5.34. The fraction of sp³-hybridized carbons (Fsp3) is 0.650. The van der Waals surface area contributed by atoms with E-state index in [0.717, 1.165) is 18.7 Å². The maximum absolute atomic E-state index is 12.4. The van der Waals surface area contributed by atoms with Gasteiger partial charge in [0.05, 0.1) is 19.8 Å². The number of carbonyl (C=O) groups excluding carboxylic acids is 1. The molecule has 0 aromatic heterocycles. The summed E-state index contributed by atoms with van der Waals surface area (Å²) in [7, 11) is 0. The fourth-order valence-corrected chi connectivity index (χ4v) is 3.58. The van der Waals surface area contributed by atoms with Crippen LogP contribution in [0.4, 0.5) is 0 Å². The SMILES string of the molecule is Cc1ccc(OCC2(O)CCCN(CC(=O)N3CCOCC3)C2)cc1C. The summed E-state index contributed by atoms with van der Waals surface area (Å²) in [5, 5.41) is 10.9. The van der Waals surface area contributed by atoms with Gasteiger partial charge < -0.3 is 19.5 Å². The maximum atomic E-state index is 12.4. The molecule has 2 heterocycles. The zero-order valence-electron chi connectivity index (χ0n) is 15.9. The Kier molecular flexibility index (Phi) is 6.16. The number of hydrogen-bond acceptors (Lipinski definition) is 5. The third kappa shape index (κ3) is 4.96. The van der Waals surface area contributed by atoms with Crippen LogP contribution in [0.3, 0.4) is 0 Å². The molecule has 1 aromatic rings. The predicted molar refractivity (Wildman–Crippen MR) is 99.4 cm³/mol. The Labute approximate surface area is 155 Å². The van der Waals surface area contributed by atoms with E-state index in [4.69, 9.17) is 9.47 Å². The monoisotopic (exact) mass is 362 g/mol. The fourth-order valence-electron chi connectivity index (χ4n) is 3.58. The Morgan fingerprint density at radius 1 is 1.23 bits per heavy atom. The molecule has 0 radical (unpaired) electrons. The Bertz CT molecular complexity index is 630. The Balaban J connectivity index is 1.52. The maximum Gasteiger partial charge on any atom is 0.236 e. The van der Waals surface area contributed by atoms with Crippen molar-refractivity contribution in [2.24, 2.45) is 0 Å². The van der Waals surface area contributed by atoms with Gasteiger partial charge in [0.25, 0.3) is 0 Å². The minimum absolute atomic E-state index is 0.118. The highest BCUT2D eigenvalue weighted by molar-refractivity contribution is 5.78. The van der Waals surface area contributed by atoms with Crippen molar-refractivity contribution in [1.29, 1.82) is 0 Å². The van der Waals surface area contributed by atoms with Crippen LogP contribution in [0.2, 0.25) is 0 Å². The third-order valence-electron chi connectivity index (χ3n) is 5.34. The van der Waals surface area contributed by atoms with E-state index in [1.165, 1.54) is 11.1 Å². The number of morpholine rings is 1. The summed E-state index contributed by atoms with van der Waals surface area (Å²) in [6.45, 7) is 8.56. The lowest BCUT2D eigenvalue weighted by molar-refractivity contribution is -0.138. The molecule has 1 amide bonds. The van der Waals surface area contributed by atoms with Crippen molar-refractivity contribution in [3.05, 3.63) is 29.3 Å². The number of nitrogens with zero attached hydrogens (tertiary/aromatic N) is 2. The van der Waals surface area contributed by atoms with Crippen molar-refractivity contribution in [2.45, 2.75) is 32.3 Å². The van der Waals surface area contributed by atoms with Gasteiger partial charge >= 0.3 is 0 Å². The predicted octanol–water partition coefficient (Wildman–Crippen LogP) is 1.37. The quantitative estimate of drug-likeness (QED) is 0.857. The van der Waals surface area contributed by atoms with E-state index < -0.39 is 5.60 Å². The van der Waals surface area contributed by atoms with Crippen LogP contribution in [-0.4, -0.2) is 79.0 Å². The average Bonchev–Trinajstić information content (AvgIpc) is 2.63. The molecule has 1 atom stereocenters. The van der Waals surface area contributed by atoms with Gasteiger partial charge in [-0.3, -0.25) is 9.69 Å². The largest absolute Gasteiger partial charge is 0.491 e. The van der Waals surface area contributed by atoms with Crippen LogP contribution in [0, 0.1) is 13.8 Å². The molecular weight excluding hydrogens is 332 g/mol. The smallest absolute Gasteiger partial charge is 0.236 e. The van der Waals surface area contributed by atoms with Gasteiger partial charge in [0.15, 0.2) is 0 Å². The molecule has 2 aliphatic rings. The van der Waals surface area contributed by atoms with Crippen LogP contribution in [-0.2, 0) is 9.53 Å². The lowest BCUT2D eigenvalue weighted by Gasteiger charge is -2.39. The molecule has 1 aromatic carbocycles. The standard InChI is InChI=1S/C20H30N2O4/c1-16-4-5-18(12-17(16)2)26-15-20(24)6-3-7-21(14-20)13-19(23)22-8-10-25-11-9-22/h4-5,12,24H,3,6-11,13-15H2,1-2H3. The molecule has 6 nitrogen and oxygen atoms in total. The zero-order chi connectivity index (χ0) is 18.6. The lowest BCUT2D eigenvalue weighted by atomic mass is 9.93. The first-order valence-corrected chi connectivity index (χ1v) is 9.45. The van der Waals surface area contributed by atoms with Gasteiger partial charge in [-0.05, 0) is 56.5 Å². The van der Waals surface area contributed by atoms with E-state index in [9.17, 15) is 9.90 Å². The van der Waals surface area contributed by atoms with Gasteiger partial charge in [-0.2, -0.15) is 0 Å². The minimum atomic E-state index is -0.914. The van der Waals surface area contributed by atoms with Gasteiger partial charge in [-0.15, -0.1) is 0 Å². The summed E-state index contributed by atoms with van der Waals surface area (Å²) < 4.78 is 11.2. The van der Waals surface area contributed by atoms with Crippen LogP contribution in [0.5, 0.6) is 5.75 Å². The average molecular weight is 362 g/mol. The second-order valence-corrected chi connectivity index (χ2v) is 7.57. The Morgan fingerprint density at radius 2 is 2.00 bits per heavy atom. The number of ether oxygens (including phenoxy) is 2. The van der Waals surface area contributed by atoms with Crippen molar-refractivity contribution in [1.82, 2.24) is 9.80 Å². The van der Waals surface area contributed by atoms with E-state index in [1.54, 1.807) is 0 Å². The molecule has 0 spiro atoms. The molecule has 1 unspecified atom stereocenters. The van der Waals surface area contributed by atoms with Crippen molar-refractivity contribution in [2.75, 3.05) is 52.5 Å². The van der Waals surface area contributed by atoms with Crippen molar-refractivity contribution in [3.63, 3.8) is 0 Å². The first kappa shape index (κ1) is 19.1. The second kappa shape index (κ2) is 8.37. The molecule has 3 rings (SSSR count). The lowest BCUT2D eigenvalue weighted by Crippen LogP contribution is -2.54. The summed E-state index contributed by atoms with van der Waals surface area (Å²) in [5.41, 5.74) is 1.49. The molecule has 2 aliphatic heterocycles. The number of β-amino-alcohol motifs (C(OH)–C–C–N with tert-alkyl or cyclic N) is 1. The highest BCUT2D eigenvalue weighted by atomic mass is 16.5. The van der Waals surface area contributed by atoms with Gasteiger partial charge in [0.1, 0.15) is 18.0 Å². The molecule has 144 valence electrons. The zero-order valence-corrected chi connectivity index (χ0v) is 15.9. The highest BCUT2D eigenvalue weighted by Crippen LogP contribution is 2.24. The number of aliphatic hydroxyl groups is 1. The second-order valence-electron chi connectivity index (χ2n) is 7.57. The normalized spacial score (nSPS) is 24.5. The molecular formula is C20H30N2O4. The van der Waals surface area contributed by atoms with E-state index >= 15 is 0 Å². The van der Waals surface area contributed by atoms with E-state index in [-0.39, 0.29) is 12.5 Å². The van der Waals surface area contributed by atoms with Gasteiger partial charge in [-0.1, -0.05) is 6.07 Å². The van der Waals surface area contributed by atoms with Gasteiger partial charge in [0.2, 0.25) is 5.91 Å². The molecule has 26 heavy (non-hydrogen) atoms. The van der Waals surface area contributed by atoms with Crippen molar-refractivity contribution < 1.29 is 19.4 Å². The first-order valence-electron chi connectivity index (χ1n) is 9.45. The summed E-state index contributed by atoms with van der Waals surface area (Å²) in [6, 6.07) is 5.97. The molecule has 2 saturated heterocycles. The van der Waals surface area contributed by atoms with Crippen LogP contribution in [0.15, 0.2) is 18.2 Å². The van der Waals surface area contributed by atoms with Crippen molar-refractivity contribution >= 4 is 5.91 Å². The molecule has 2 fully saturated rings. The van der Waals surface area contributed by atoms with Crippen LogP contribution in [0.25, 0.3) is 0 Å². The van der Waals surface area contributed by atoms with Crippen molar-refractivity contribution in [3.8, 4) is 5.75 Å². The summed E-state index contributed by atoms with van der Waals surface area (Å²) in [4.78, 5) is 16.3. The molecule has 0 bridgehead atoms. The van der Waals surface area contributed by atoms with Crippen LogP contribution < -0.4 is 4.74 Å².